The average molecular weight is 360 g/mol. The van der Waals surface area contributed by atoms with E-state index in [4.69, 9.17) is 0 Å². The summed E-state index contributed by atoms with van der Waals surface area (Å²) in [5.41, 5.74) is 2.98. The minimum atomic E-state index is -1.33. The Balaban J connectivity index is 1.86. The molecule has 1 N–H and O–H groups in total. The fraction of sp³-hybridized carbons (Fsp3) is 0.136. The van der Waals surface area contributed by atoms with Gasteiger partial charge in [-0.3, -0.25) is 5.32 Å². The van der Waals surface area contributed by atoms with Crippen LogP contribution in [0, 0.1) is 18.3 Å². The van der Waals surface area contributed by atoms with E-state index >= 15 is 0 Å². The molecule has 0 saturated carbocycles. The Morgan fingerprint density at radius 2 is 1.62 bits per heavy atom. The van der Waals surface area contributed by atoms with E-state index in [1.807, 2.05) is 85.8 Å². The van der Waals surface area contributed by atoms with Crippen molar-refractivity contribution in [2.24, 2.45) is 0 Å². The Hall–Kier alpha value is -2.74. The second kappa shape index (κ2) is 8.57. The lowest BCUT2D eigenvalue weighted by molar-refractivity contribution is 0.619. The Labute approximate surface area is 156 Å². The molecule has 0 saturated heterocycles. The van der Waals surface area contributed by atoms with Gasteiger partial charge in [-0.1, -0.05) is 66.2 Å². The van der Waals surface area contributed by atoms with Crippen LogP contribution >= 0.6 is 0 Å². The lowest BCUT2D eigenvalue weighted by Crippen LogP contribution is -2.21. The first-order chi connectivity index (χ1) is 12.7. The van der Waals surface area contributed by atoms with Gasteiger partial charge in [0.1, 0.15) is 6.04 Å². The molecule has 0 amide bonds. The van der Waals surface area contributed by atoms with Crippen LogP contribution in [0.4, 0.5) is 0 Å². The van der Waals surface area contributed by atoms with Gasteiger partial charge >= 0.3 is 0 Å². The van der Waals surface area contributed by atoms with Crippen LogP contribution in [0.25, 0.3) is 0 Å². The lowest BCUT2D eigenvalue weighted by Gasteiger charge is -2.16. The van der Waals surface area contributed by atoms with E-state index in [2.05, 4.69) is 11.4 Å². The zero-order chi connectivity index (χ0) is 18.4. The molecule has 0 fully saturated rings. The normalized spacial score (nSPS) is 12.9. The van der Waals surface area contributed by atoms with Crippen molar-refractivity contribution in [1.29, 1.82) is 5.26 Å². The molecule has 3 aromatic carbocycles. The lowest BCUT2D eigenvalue weighted by atomic mass is 10.1. The van der Waals surface area contributed by atoms with Gasteiger partial charge in [0.05, 0.1) is 16.9 Å². The van der Waals surface area contributed by atoms with Crippen LogP contribution in [0.1, 0.15) is 22.7 Å². The highest BCUT2D eigenvalue weighted by atomic mass is 32.2. The van der Waals surface area contributed by atoms with Gasteiger partial charge in [-0.25, -0.2) is 4.21 Å². The Bertz CT molecular complexity index is 930. The third kappa shape index (κ3) is 4.26. The number of nitrogens with one attached hydrogen (secondary N) is 1. The summed E-state index contributed by atoms with van der Waals surface area (Å²) < 4.78 is 13.0. The van der Waals surface area contributed by atoms with Crippen molar-refractivity contribution in [3.8, 4) is 6.07 Å². The highest BCUT2D eigenvalue weighted by Gasteiger charge is 2.18. The molecular weight excluding hydrogens is 340 g/mol. The minimum Gasteiger partial charge on any atom is -0.294 e. The van der Waals surface area contributed by atoms with Crippen molar-refractivity contribution in [2.45, 2.75) is 29.3 Å². The molecule has 3 nitrogen and oxygen atoms in total. The van der Waals surface area contributed by atoms with E-state index in [0.29, 0.717) is 11.4 Å². The van der Waals surface area contributed by atoms with Gasteiger partial charge in [-0.15, -0.1) is 0 Å². The molecular formula is C22H20N2OS. The fourth-order valence-electron chi connectivity index (χ4n) is 2.72. The van der Waals surface area contributed by atoms with E-state index in [9.17, 15) is 9.47 Å². The number of aryl methyl sites for hydroxylation is 1. The Kier molecular flexibility index (Phi) is 5.96. The number of benzene rings is 3. The van der Waals surface area contributed by atoms with Crippen LogP contribution in [0.5, 0.6) is 0 Å². The Morgan fingerprint density at radius 3 is 2.31 bits per heavy atom. The summed E-state index contributed by atoms with van der Waals surface area (Å²) >= 11 is 0. The molecule has 0 aliphatic rings. The molecule has 3 aromatic rings. The minimum absolute atomic E-state index is 0.527. The molecule has 0 aliphatic heterocycles. The van der Waals surface area contributed by atoms with Crippen LogP contribution < -0.4 is 5.32 Å². The smallest absolute Gasteiger partial charge is 0.122 e. The number of rotatable bonds is 6. The summed E-state index contributed by atoms with van der Waals surface area (Å²) in [7, 11) is -1.33. The SMILES string of the molecule is Cc1ccc(S(=O)c2ccccc2C(C#N)NCc2ccccc2)cc1. The van der Waals surface area contributed by atoms with Crippen molar-refractivity contribution in [1.82, 2.24) is 5.32 Å². The number of hydrogen-bond acceptors (Lipinski definition) is 3. The van der Waals surface area contributed by atoms with E-state index in [-0.39, 0.29) is 0 Å². The van der Waals surface area contributed by atoms with Gasteiger partial charge in [0.2, 0.25) is 0 Å². The topological polar surface area (TPSA) is 52.9 Å². The van der Waals surface area contributed by atoms with Gasteiger partial charge in [-0.2, -0.15) is 5.26 Å². The summed E-state index contributed by atoms with van der Waals surface area (Å²) in [6, 6.07) is 26.8. The van der Waals surface area contributed by atoms with Crippen molar-refractivity contribution in [2.75, 3.05) is 0 Å². The molecule has 3 rings (SSSR count). The number of nitrogens with zero attached hydrogens (tertiary/aromatic N) is 1. The van der Waals surface area contributed by atoms with Crippen LogP contribution in [0.15, 0.2) is 88.7 Å². The van der Waals surface area contributed by atoms with Crippen LogP contribution in [0.3, 0.4) is 0 Å². The van der Waals surface area contributed by atoms with Crippen molar-refractivity contribution < 1.29 is 4.21 Å². The first kappa shape index (κ1) is 18.1. The van der Waals surface area contributed by atoms with Crippen molar-refractivity contribution >= 4 is 10.8 Å². The maximum absolute atomic E-state index is 13.0. The third-order valence-electron chi connectivity index (χ3n) is 4.15. The van der Waals surface area contributed by atoms with E-state index in [0.717, 1.165) is 21.6 Å². The molecule has 26 heavy (non-hydrogen) atoms. The van der Waals surface area contributed by atoms with E-state index < -0.39 is 16.8 Å². The molecule has 0 aromatic heterocycles. The van der Waals surface area contributed by atoms with Gasteiger partial charge in [-0.05, 0) is 36.2 Å². The summed E-state index contributed by atoms with van der Waals surface area (Å²) in [5.74, 6) is 0. The van der Waals surface area contributed by atoms with Gasteiger partial charge in [0, 0.05) is 16.3 Å². The fourth-order valence-corrected chi connectivity index (χ4v) is 3.96. The van der Waals surface area contributed by atoms with Gasteiger partial charge in [0.15, 0.2) is 0 Å². The quantitative estimate of drug-likeness (QED) is 0.703. The van der Waals surface area contributed by atoms with Crippen LogP contribution in [-0.4, -0.2) is 4.21 Å². The van der Waals surface area contributed by atoms with Gasteiger partial charge < -0.3 is 0 Å². The monoisotopic (exact) mass is 360 g/mol. The summed E-state index contributed by atoms with van der Waals surface area (Å²) in [4.78, 5) is 1.41. The largest absolute Gasteiger partial charge is 0.294 e. The first-order valence-corrected chi connectivity index (χ1v) is 9.58. The zero-order valence-corrected chi connectivity index (χ0v) is 15.4. The molecule has 4 heteroatoms. The average Bonchev–Trinajstić information content (AvgIpc) is 2.70. The second-order valence-corrected chi connectivity index (χ2v) is 7.50. The molecule has 0 heterocycles. The zero-order valence-electron chi connectivity index (χ0n) is 14.6. The highest BCUT2D eigenvalue weighted by Crippen LogP contribution is 2.25. The predicted molar refractivity (Wildman–Crippen MR) is 104 cm³/mol. The van der Waals surface area contributed by atoms with E-state index in [1.165, 1.54) is 0 Å². The molecule has 0 radical (unpaired) electrons. The predicted octanol–water partition coefficient (Wildman–Crippen LogP) is 4.52. The second-order valence-electron chi connectivity index (χ2n) is 6.05. The Morgan fingerprint density at radius 1 is 0.962 bits per heavy atom. The highest BCUT2D eigenvalue weighted by molar-refractivity contribution is 7.85. The molecule has 2 unspecified atom stereocenters. The molecule has 0 bridgehead atoms. The molecule has 2 atom stereocenters. The number of hydrogen-bond donors (Lipinski definition) is 1. The summed E-state index contributed by atoms with van der Waals surface area (Å²) in [5, 5.41) is 12.9. The van der Waals surface area contributed by atoms with Crippen LogP contribution in [-0.2, 0) is 17.3 Å². The van der Waals surface area contributed by atoms with Crippen LogP contribution in [0.2, 0.25) is 0 Å². The summed E-state index contributed by atoms with van der Waals surface area (Å²) in [6.07, 6.45) is 0. The number of nitriles is 1. The van der Waals surface area contributed by atoms with Crippen molar-refractivity contribution in [3.63, 3.8) is 0 Å². The molecule has 130 valence electrons. The molecule has 0 spiro atoms. The standard InChI is InChI=1S/C22H20N2OS/c1-17-11-13-19(14-12-17)26(25)22-10-6-5-9-20(22)21(15-23)24-16-18-7-3-2-4-8-18/h2-14,21,24H,16H2,1H3. The summed E-state index contributed by atoms with van der Waals surface area (Å²) in [6.45, 7) is 2.57. The van der Waals surface area contributed by atoms with E-state index in [1.54, 1.807) is 0 Å². The van der Waals surface area contributed by atoms with Gasteiger partial charge in [0.25, 0.3) is 0 Å². The third-order valence-corrected chi connectivity index (χ3v) is 5.62. The van der Waals surface area contributed by atoms with Crippen molar-refractivity contribution in [3.05, 3.63) is 95.6 Å². The first-order valence-electron chi connectivity index (χ1n) is 8.43. The maximum Gasteiger partial charge on any atom is 0.122 e. The maximum atomic E-state index is 13.0. The molecule has 0 aliphatic carbocycles.